The number of hydrogen-bond acceptors (Lipinski definition) is 1. The van der Waals surface area contributed by atoms with Gasteiger partial charge in [0.15, 0.2) is 0 Å². The molecule has 1 aromatic carbocycles. The Kier molecular flexibility index (Phi) is 4.29. The predicted molar refractivity (Wildman–Crippen MR) is 65.3 cm³/mol. The molecule has 0 bridgehead atoms. The quantitative estimate of drug-likeness (QED) is 0.891. The summed E-state index contributed by atoms with van der Waals surface area (Å²) < 4.78 is 14.3. The lowest BCUT2D eigenvalue weighted by molar-refractivity contribution is 0.387. The van der Waals surface area contributed by atoms with Crippen molar-refractivity contribution in [2.75, 3.05) is 0 Å². The lowest BCUT2D eigenvalue weighted by atomic mass is 9.87. The normalized spacial score (nSPS) is 11.8. The smallest absolute Gasteiger partial charge is 0.127 e. The molecule has 1 aromatic rings. The first-order chi connectivity index (χ1) is 7.00. The minimum absolute atomic E-state index is 0.180. The van der Waals surface area contributed by atoms with Crippen LogP contribution in [0.2, 0.25) is 0 Å². The second kappa shape index (κ2) is 5.08. The molecule has 0 radical (unpaired) electrons. The average molecular weight is 274 g/mol. The second-order valence-electron chi connectivity index (χ2n) is 3.98. The van der Waals surface area contributed by atoms with E-state index in [1.165, 1.54) is 6.07 Å². The van der Waals surface area contributed by atoms with Gasteiger partial charge in [0.1, 0.15) is 5.82 Å². The van der Waals surface area contributed by atoms with Gasteiger partial charge in [-0.15, -0.1) is 0 Å². The molecular weight excluding hydrogens is 257 g/mol. The maximum atomic E-state index is 13.6. The monoisotopic (exact) mass is 273 g/mol. The number of rotatable bonds is 4. The molecule has 0 aliphatic heterocycles. The third kappa shape index (κ3) is 3.28. The fourth-order valence-electron chi connectivity index (χ4n) is 1.54. The van der Waals surface area contributed by atoms with Gasteiger partial charge in [0.05, 0.1) is 0 Å². The Morgan fingerprint density at radius 2 is 1.93 bits per heavy atom. The molecule has 0 aliphatic rings. The van der Waals surface area contributed by atoms with E-state index in [4.69, 9.17) is 5.73 Å². The zero-order chi connectivity index (χ0) is 11.5. The number of benzene rings is 1. The second-order valence-corrected chi connectivity index (χ2v) is 4.90. The van der Waals surface area contributed by atoms with Crippen LogP contribution in [0.25, 0.3) is 0 Å². The molecule has 0 atom stereocenters. The first kappa shape index (κ1) is 12.7. The molecule has 15 heavy (non-hydrogen) atoms. The van der Waals surface area contributed by atoms with Crippen LogP contribution in [0, 0.1) is 5.82 Å². The van der Waals surface area contributed by atoms with Crippen molar-refractivity contribution in [1.82, 2.24) is 0 Å². The molecule has 2 N–H and O–H groups in total. The van der Waals surface area contributed by atoms with Crippen LogP contribution in [-0.4, -0.2) is 5.54 Å². The highest BCUT2D eigenvalue weighted by Gasteiger charge is 2.22. The van der Waals surface area contributed by atoms with E-state index in [-0.39, 0.29) is 11.4 Å². The molecule has 0 aromatic heterocycles. The van der Waals surface area contributed by atoms with Gasteiger partial charge in [-0.25, -0.2) is 4.39 Å². The minimum atomic E-state index is -0.283. The summed E-state index contributed by atoms with van der Waals surface area (Å²) in [5, 5.41) is 0. The number of halogens is 2. The Labute approximate surface area is 99.0 Å². The predicted octanol–water partition coefficient (Wildman–Crippen LogP) is 3.65. The summed E-state index contributed by atoms with van der Waals surface area (Å²) in [5.41, 5.74) is 6.57. The molecule has 0 unspecified atom stereocenters. The third-order valence-electron chi connectivity index (χ3n) is 2.97. The Bertz CT molecular complexity index is 334. The van der Waals surface area contributed by atoms with E-state index in [1.54, 1.807) is 6.07 Å². The van der Waals surface area contributed by atoms with Gasteiger partial charge in [-0.2, -0.15) is 0 Å². The topological polar surface area (TPSA) is 26.0 Å². The van der Waals surface area contributed by atoms with Crippen molar-refractivity contribution in [3.63, 3.8) is 0 Å². The Hall–Kier alpha value is -0.410. The van der Waals surface area contributed by atoms with Gasteiger partial charge in [-0.05, 0) is 37.0 Å². The zero-order valence-electron chi connectivity index (χ0n) is 9.19. The highest BCUT2D eigenvalue weighted by molar-refractivity contribution is 9.10. The summed E-state index contributed by atoms with van der Waals surface area (Å²) in [6.07, 6.45) is 2.32. The molecule has 3 heteroatoms. The van der Waals surface area contributed by atoms with E-state index >= 15 is 0 Å². The summed E-state index contributed by atoms with van der Waals surface area (Å²) in [7, 11) is 0. The van der Waals surface area contributed by atoms with Crippen molar-refractivity contribution in [2.24, 2.45) is 5.73 Å². The summed E-state index contributed by atoms with van der Waals surface area (Å²) >= 11 is 3.24. The highest BCUT2D eigenvalue weighted by Crippen LogP contribution is 2.22. The van der Waals surface area contributed by atoms with Gasteiger partial charge in [0.25, 0.3) is 0 Å². The molecule has 0 heterocycles. The zero-order valence-corrected chi connectivity index (χ0v) is 10.8. The molecule has 1 rings (SSSR count). The lowest BCUT2D eigenvalue weighted by Crippen LogP contribution is -2.40. The van der Waals surface area contributed by atoms with Crippen molar-refractivity contribution in [3.8, 4) is 0 Å². The van der Waals surface area contributed by atoms with Crippen molar-refractivity contribution in [3.05, 3.63) is 34.1 Å². The van der Waals surface area contributed by atoms with Crippen LogP contribution < -0.4 is 5.73 Å². The van der Waals surface area contributed by atoms with Crippen molar-refractivity contribution in [1.29, 1.82) is 0 Å². The van der Waals surface area contributed by atoms with Crippen LogP contribution in [0.15, 0.2) is 22.7 Å². The fourth-order valence-corrected chi connectivity index (χ4v) is 1.88. The standard InChI is InChI=1S/C12H17BrFN/c1-3-12(15,4-2)8-9-5-6-10(13)7-11(9)14/h5-7H,3-4,8,15H2,1-2H3. The number of hydrogen-bond donors (Lipinski definition) is 1. The van der Waals surface area contributed by atoms with E-state index in [1.807, 2.05) is 19.9 Å². The summed E-state index contributed by atoms with van der Waals surface area (Å²) in [6.45, 7) is 4.08. The van der Waals surface area contributed by atoms with Crippen LogP contribution in [0.3, 0.4) is 0 Å². The van der Waals surface area contributed by atoms with Gasteiger partial charge in [-0.1, -0.05) is 35.8 Å². The lowest BCUT2D eigenvalue weighted by Gasteiger charge is -2.26. The fraction of sp³-hybridized carbons (Fsp3) is 0.500. The van der Waals surface area contributed by atoms with Crippen molar-refractivity contribution in [2.45, 2.75) is 38.6 Å². The average Bonchev–Trinajstić information content (AvgIpc) is 2.22. The molecule has 0 amide bonds. The first-order valence-electron chi connectivity index (χ1n) is 5.23. The molecular formula is C12H17BrFN. The minimum Gasteiger partial charge on any atom is -0.325 e. The van der Waals surface area contributed by atoms with Crippen molar-refractivity contribution < 1.29 is 4.39 Å². The summed E-state index contributed by atoms with van der Waals surface area (Å²) in [5.74, 6) is -0.180. The van der Waals surface area contributed by atoms with Gasteiger partial charge >= 0.3 is 0 Å². The molecule has 0 saturated heterocycles. The summed E-state index contributed by atoms with van der Waals surface area (Å²) in [4.78, 5) is 0. The van der Waals surface area contributed by atoms with Gasteiger partial charge in [0, 0.05) is 10.0 Å². The molecule has 0 saturated carbocycles. The number of nitrogens with two attached hydrogens (primary N) is 1. The van der Waals surface area contributed by atoms with E-state index in [0.717, 1.165) is 17.3 Å². The van der Waals surface area contributed by atoms with Crippen LogP contribution in [0.4, 0.5) is 4.39 Å². The van der Waals surface area contributed by atoms with Gasteiger partial charge < -0.3 is 5.73 Å². The Balaban J connectivity index is 2.89. The maximum absolute atomic E-state index is 13.6. The maximum Gasteiger partial charge on any atom is 0.127 e. The van der Waals surface area contributed by atoms with E-state index < -0.39 is 0 Å². The third-order valence-corrected chi connectivity index (χ3v) is 3.46. The van der Waals surface area contributed by atoms with E-state index in [9.17, 15) is 4.39 Å². The SMILES string of the molecule is CCC(N)(CC)Cc1ccc(Br)cc1F. The summed E-state index contributed by atoms with van der Waals surface area (Å²) in [6, 6.07) is 5.14. The molecule has 0 aliphatic carbocycles. The Morgan fingerprint density at radius 1 is 1.33 bits per heavy atom. The van der Waals surface area contributed by atoms with Crippen LogP contribution in [0.5, 0.6) is 0 Å². The van der Waals surface area contributed by atoms with Crippen molar-refractivity contribution >= 4 is 15.9 Å². The molecule has 0 fully saturated rings. The van der Waals surface area contributed by atoms with E-state index in [0.29, 0.717) is 12.0 Å². The van der Waals surface area contributed by atoms with Crippen LogP contribution in [-0.2, 0) is 6.42 Å². The molecule has 1 nitrogen and oxygen atoms in total. The van der Waals surface area contributed by atoms with Gasteiger partial charge in [0.2, 0.25) is 0 Å². The Morgan fingerprint density at radius 3 is 2.40 bits per heavy atom. The highest BCUT2D eigenvalue weighted by atomic mass is 79.9. The van der Waals surface area contributed by atoms with Crippen LogP contribution >= 0.6 is 15.9 Å². The first-order valence-corrected chi connectivity index (χ1v) is 6.03. The molecule has 84 valence electrons. The van der Waals surface area contributed by atoms with E-state index in [2.05, 4.69) is 15.9 Å². The molecule has 0 spiro atoms. The largest absolute Gasteiger partial charge is 0.325 e. The van der Waals surface area contributed by atoms with Crippen LogP contribution in [0.1, 0.15) is 32.3 Å². The van der Waals surface area contributed by atoms with Gasteiger partial charge in [-0.3, -0.25) is 0 Å².